The number of hydrogen-bond donors (Lipinski definition) is 3. The van der Waals surface area contributed by atoms with Crippen molar-refractivity contribution in [1.29, 1.82) is 0 Å². The monoisotopic (exact) mass is 427 g/mol. The third-order valence-corrected chi connectivity index (χ3v) is 5.57. The second kappa shape index (κ2) is 8.54. The molecule has 3 N–H and O–H groups in total. The van der Waals surface area contributed by atoms with E-state index in [4.69, 9.17) is 12.2 Å². The molecule has 0 aliphatic heterocycles. The van der Waals surface area contributed by atoms with Gasteiger partial charge in [-0.05, 0) is 75.0 Å². The molecule has 7 nitrogen and oxygen atoms in total. The average Bonchev–Trinajstić information content (AvgIpc) is 2.63. The number of para-hydroxylation sites is 1. The van der Waals surface area contributed by atoms with Gasteiger partial charge in [-0.1, -0.05) is 18.2 Å². The molecule has 1 heterocycles. The molecule has 150 valence electrons. The molecule has 0 unspecified atom stereocenters. The number of aromatic nitrogens is 2. The standard InChI is InChI=1S/C20H21N5O2S2/c1-13-6-4-5-7-18(13)24-20(28)23-16-8-10-17(11-9-16)29(26,27)25-19-21-14(2)12-15(3)22-19/h4-12H,1-3H3,(H,21,22,25)(H2,23,24,28). The minimum Gasteiger partial charge on any atom is -0.332 e. The van der Waals surface area contributed by atoms with Gasteiger partial charge in [0.15, 0.2) is 5.11 Å². The van der Waals surface area contributed by atoms with Crippen LogP contribution in [0.5, 0.6) is 0 Å². The summed E-state index contributed by atoms with van der Waals surface area (Å²) in [5.74, 6) is 0.0494. The number of anilines is 3. The zero-order valence-corrected chi connectivity index (χ0v) is 17.9. The Kier molecular flexibility index (Phi) is 6.09. The normalized spacial score (nSPS) is 11.0. The second-order valence-electron chi connectivity index (χ2n) is 6.50. The Morgan fingerprint density at radius 3 is 2.14 bits per heavy atom. The SMILES string of the molecule is Cc1cc(C)nc(NS(=O)(=O)c2ccc(NC(=S)Nc3ccccc3C)cc2)n1. The van der Waals surface area contributed by atoms with Crippen molar-refractivity contribution in [2.75, 3.05) is 15.4 Å². The van der Waals surface area contributed by atoms with Crippen molar-refractivity contribution in [1.82, 2.24) is 9.97 Å². The number of thiocarbonyl (C=S) groups is 1. The Balaban J connectivity index is 1.69. The van der Waals surface area contributed by atoms with E-state index < -0.39 is 10.0 Å². The summed E-state index contributed by atoms with van der Waals surface area (Å²) >= 11 is 5.33. The Morgan fingerprint density at radius 1 is 0.897 bits per heavy atom. The number of aryl methyl sites for hydroxylation is 3. The molecule has 1 aromatic heterocycles. The minimum absolute atomic E-state index is 0.0494. The predicted molar refractivity (Wildman–Crippen MR) is 120 cm³/mol. The van der Waals surface area contributed by atoms with E-state index in [1.165, 1.54) is 12.1 Å². The highest BCUT2D eigenvalue weighted by atomic mass is 32.2. The van der Waals surface area contributed by atoms with Gasteiger partial charge in [0.05, 0.1) is 4.90 Å². The molecule has 0 atom stereocenters. The molecule has 0 bridgehead atoms. The van der Waals surface area contributed by atoms with Crippen LogP contribution in [-0.4, -0.2) is 23.5 Å². The summed E-state index contributed by atoms with van der Waals surface area (Å²) in [6.45, 7) is 5.54. The van der Waals surface area contributed by atoms with E-state index in [1.54, 1.807) is 32.0 Å². The predicted octanol–water partition coefficient (Wildman–Crippen LogP) is 4.01. The van der Waals surface area contributed by atoms with Crippen LogP contribution in [0.15, 0.2) is 59.5 Å². The molecule has 9 heteroatoms. The third-order valence-electron chi connectivity index (χ3n) is 4.02. The molecule has 0 amide bonds. The van der Waals surface area contributed by atoms with Crippen molar-refractivity contribution in [3.05, 3.63) is 71.5 Å². The third kappa shape index (κ3) is 5.49. The van der Waals surface area contributed by atoms with Gasteiger partial charge in [0, 0.05) is 22.8 Å². The molecular formula is C20H21N5O2S2. The maximum atomic E-state index is 12.6. The Morgan fingerprint density at radius 2 is 1.52 bits per heavy atom. The zero-order chi connectivity index (χ0) is 21.0. The lowest BCUT2D eigenvalue weighted by Gasteiger charge is -2.13. The molecule has 3 aromatic rings. The van der Waals surface area contributed by atoms with E-state index in [-0.39, 0.29) is 10.8 Å². The maximum absolute atomic E-state index is 12.6. The van der Waals surface area contributed by atoms with Crippen LogP contribution in [0.25, 0.3) is 0 Å². The molecular weight excluding hydrogens is 406 g/mol. The lowest BCUT2D eigenvalue weighted by molar-refractivity contribution is 0.601. The largest absolute Gasteiger partial charge is 0.332 e. The van der Waals surface area contributed by atoms with E-state index in [1.807, 2.05) is 31.2 Å². The first kappa shape index (κ1) is 20.7. The molecule has 0 fully saturated rings. The maximum Gasteiger partial charge on any atom is 0.264 e. The van der Waals surface area contributed by atoms with Crippen molar-refractivity contribution in [2.24, 2.45) is 0 Å². The van der Waals surface area contributed by atoms with Gasteiger partial charge in [-0.3, -0.25) is 0 Å². The number of nitrogens with zero attached hydrogens (tertiary/aromatic N) is 2. The van der Waals surface area contributed by atoms with Crippen molar-refractivity contribution >= 4 is 44.7 Å². The van der Waals surface area contributed by atoms with Crippen LogP contribution < -0.4 is 15.4 Å². The molecule has 0 saturated heterocycles. The van der Waals surface area contributed by atoms with E-state index in [9.17, 15) is 8.42 Å². The summed E-state index contributed by atoms with van der Waals surface area (Å²) in [5.41, 5.74) is 4.01. The van der Waals surface area contributed by atoms with Crippen molar-refractivity contribution in [3.8, 4) is 0 Å². The van der Waals surface area contributed by atoms with Gasteiger partial charge in [-0.2, -0.15) is 0 Å². The van der Waals surface area contributed by atoms with Gasteiger partial charge in [0.1, 0.15) is 0 Å². The first-order chi connectivity index (χ1) is 13.7. The van der Waals surface area contributed by atoms with Gasteiger partial charge in [0.2, 0.25) is 5.95 Å². The first-order valence-corrected chi connectivity index (χ1v) is 10.7. The molecule has 3 rings (SSSR count). The Bertz CT molecular complexity index is 1130. The fourth-order valence-electron chi connectivity index (χ4n) is 2.67. The average molecular weight is 428 g/mol. The Labute approximate surface area is 175 Å². The van der Waals surface area contributed by atoms with E-state index in [2.05, 4.69) is 25.3 Å². The fourth-order valence-corrected chi connectivity index (χ4v) is 3.84. The Hall–Kier alpha value is -3.04. The summed E-state index contributed by atoms with van der Waals surface area (Å²) < 4.78 is 27.6. The van der Waals surface area contributed by atoms with Crippen molar-refractivity contribution < 1.29 is 8.42 Å². The molecule has 0 radical (unpaired) electrons. The smallest absolute Gasteiger partial charge is 0.264 e. The number of hydrogen-bond acceptors (Lipinski definition) is 5. The highest BCUT2D eigenvalue weighted by molar-refractivity contribution is 7.92. The van der Waals surface area contributed by atoms with Crippen LogP contribution in [-0.2, 0) is 10.0 Å². The first-order valence-electron chi connectivity index (χ1n) is 8.82. The summed E-state index contributed by atoms with van der Waals surface area (Å²) in [6, 6.07) is 15.8. The van der Waals surface area contributed by atoms with Crippen LogP contribution in [0.3, 0.4) is 0 Å². The zero-order valence-electron chi connectivity index (χ0n) is 16.2. The van der Waals surface area contributed by atoms with Gasteiger partial charge >= 0.3 is 0 Å². The minimum atomic E-state index is -3.80. The van der Waals surface area contributed by atoms with Crippen molar-refractivity contribution in [2.45, 2.75) is 25.7 Å². The van der Waals surface area contributed by atoms with Gasteiger partial charge in [-0.15, -0.1) is 0 Å². The van der Waals surface area contributed by atoms with Gasteiger partial charge in [0.25, 0.3) is 10.0 Å². The molecule has 0 saturated carbocycles. The second-order valence-corrected chi connectivity index (χ2v) is 8.59. The quantitative estimate of drug-likeness (QED) is 0.529. The lowest BCUT2D eigenvalue weighted by atomic mass is 10.2. The van der Waals surface area contributed by atoms with Crippen LogP contribution >= 0.6 is 12.2 Å². The number of rotatable bonds is 5. The van der Waals surface area contributed by atoms with Crippen LogP contribution in [0, 0.1) is 20.8 Å². The van der Waals surface area contributed by atoms with Crippen LogP contribution in [0.2, 0.25) is 0 Å². The van der Waals surface area contributed by atoms with Gasteiger partial charge in [-0.25, -0.2) is 23.1 Å². The van der Waals surface area contributed by atoms with Crippen LogP contribution in [0.4, 0.5) is 17.3 Å². The molecule has 0 spiro atoms. The number of sulfonamides is 1. The summed E-state index contributed by atoms with van der Waals surface area (Å²) in [5, 5.41) is 6.57. The van der Waals surface area contributed by atoms with Crippen molar-refractivity contribution in [3.63, 3.8) is 0 Å². The fraction of sp³-hybridized carbons (Fsp3) is 0.150. The highest BCUT2D eigenvalue weighted by Gasteiger charge is 2.16. The van der Waals surface area contributed by atoms with Crippen LogP contribution in [0.1, 0.15) is 17.0 Å². The molecule has 0 aliphatic carbocycles. The number of nitrogens with one attached hydrogen (secondary N) is 3. The molecule has 0 aliphatic rings. The van der Waals surface area contributed by atoms with E-state index in [0.717, 1.165) is 11.3 Å². The topological polar surface area (TPSA) is 96.0 Å². The molecule has 2 aromatic carbocycles. The molecule has 29 heavy (non-hydrogen) atoms. The summed E-state index contributed by atoms with van der Waals surface area (Å²) in [4.78, 5) is 8.32. The van der Waals surface area contributed by atoms with Gasteiger partial charge < -0.3 is 10.6 Å². The summed E-state index contributed by atoms with van der Waals surface area (Å²) in [7, 11) is -3.80. The van der Waals surface area contributed by atoms with E-state index in [0.29, 0.717) is 22.2 Å². The van der Waals surface area contributed by atoms with E-state index >= 15 is 0 Å². The lowest BCUT2D eigenvalue weighted by Crippen LogP contribution is -2.20. The summed E-state index contributed by atoms with van der Waals surface area (Å²) in [6.07, 6.45) is 0. The highest BCUT2D eigenvalue weighted by Crippen LogP contribution is 2.18. The number of benzene rings is 2.